The van der Waals surface area contributed by atoms with Crippen molar-refractivity contribution in [3.05, 3.63) is 170 Å². The minimum absolute atomic E-state index is 0.659. The van der Waals surface area contributed by atoms with Gasteiger partial charge in [-0.15, -0.1) is 0 Å². The summed E-state index contributed by atoms with van der Waals surface area (Å²) in [5.41, 5.74) is 8.58. The summed E-state index contributed by atoms with van der Waals surface area (Å²) in [6.45, 7) is 0. The molecule has 0 saturated carbocycles. The monoisotopic (exact) mass is 636 g/mol. The first kappa shape index (κ1) is 27.2. The highest BCUT2D eigenvalue weighted by atomic mass is 15.2. The third kappa shape index (κ3) is 3.93. The maximum atomic E-state index is 5.40. The van der Waals surface area contributed by atoms with Crippen molar-refractivity contribution in [3.63, 3.8) is 0 Å². The van der Waals surface area contributed by atoms with Gasteiger partial charge in [0.1, 0.15) is 0 Å². The van der Waals surface area contributed by atoms with Crippen molar-refractivity contribution < 1.29 is 0 Å². The second-order valence-corrected chi connectivity index (χ2v) is 13.1. The average molecular weight is 637 g/mol. The van der Waals surface area contributed by atoms with E-state index in [2.05, 4.69) is 179 Å². The Morgan fingerprint density at radius 2 is 0.920 bits per heavy atom. The van der Waals surface area contributed by atoms with Crippen molar-refractivity contribution >= 4 is 76.1 Å². The van der Waals surface area contributed by atoms with Crippen LogP contribution in [-0.4, -0.2) is 19.1 Å². The summed E-state index contributed by atoms with van der Waals surface area (Å²) in [5.74, 6) is 0.659. The molecule has 0 aliphatic heterocycles. The Kier molecular flexibility index (Phi) is 5.63. The van der Waals surface area contributed by atoms with Crippen LogP contribution in [0.1, 0.15) is 0 Å². The quantitative estimate of drug-likeness (QED) is 0.193. The fourth-order valence-corrected chi connectivity index (χ4v) is 7.97. The van der Waals surface area contributed by atoms with Gasteiger partial charge in [-0.2, -0.15) is 0 Å². The van der Waals surface area contributed by atoms with E-state index in [0.29, 0.717) is 5.95 Å². The summed E-state index contributed by atoms with van der Waals surface area (Å²) in [6, 6.07) is 60.8. The van der Waals surface area contributed by atoms with Gasteiger partial charge >= 0.3 is 0 Å². The fraction of sp³-hybridized carbons (Fsp3) is 0. The van der Waals surface area contributed by atoms with Crippen molar-refractivity contribution in [2.75, 3.05) is 0 Å². The van der Waals surface area contributed by atoms with Gasteiger partial charge in [-0.05, 0) is 76.1 Å². The molecule has 0 radical (unpaired) electrons. The number of aromatic nitrogens is 4. The third-order valence-corrected chi connectivity index (χ3v) is 10.3. The van der Waals surface area contributed by atoms with Crippen molar-refractivity contribution in [3.8, 4) is 22.9 Å². The second-order valence-electron chi connectivity index (χ2n) is 13.1. The van der Waals surface area contributed by atoms with Gasteiger partial charge in [0.25, 0.3) is 0 Å². The minimum atomic E-state index is 0.659. The summed E-state index contributed by atoms with van der Waals surface area (Å²) < 4.78 is 4.64. The number of rotatable bonds is 3. The van der Waals surface area contributed by atoms with Crippen molar-refractivity contribution in [2.24, 2.45) is 0 Å². The van der Waals surface area contributed by atoms with Gasteiger partial charge in [-0.25, -0.2) is 9.97 Å². The van der Waals surface area contributed by atoms with Crippen LogP contribution in [-0.2, 0) is 0 Å². The van der Waals surface area contributed by atoms with Crippen LogP contribution in [0.5, 0.6) is 0 Å². The summed E-state index contributed by atoms with van der Waals surface area (Å²) in [5, 5.41) is 10.7. The number of nitrogens with zero attached hydrogens (tertiary/aromatic N) is 4. The molecule has 0 aliphatic rings. The van der Waals surface area contributed by atoms with Crippen molar-refractivity contribution in [1.29, 1.82) is 0 Å². The number of hydrogen-bond acceptors (Lipinski definition) is 2. The molecule has 11 aromatic rings. The number of hydrogen-bond donors (Lipinski definition) is 0. The largest absolute Gasteiger partial charge is 0.309 e. The molecule has 0 saturated heterocycles. The molecular weight excluding hydrogens is 609 g/mol. The van der Waals surface area contributed by atoms with Gasteiger partial charge in [0.2, 0.25) is 5.95 Å². The summed E-state index contributed by atoms with van der Waals surface area (Å²) in [7, 11) is 0. The molecule has 0 aliphatic carbocycles. The lowest BCUT2D eigenvalue weighted by Crippen LogP contribution is -2.03. The molecule has 232 valence electrons. The Morgan fingerprint density at radius 1 is 0.340 bits per heavy atom. The van der Waals surface area contributed by atoms with Gasteiger partial charge in [0.15, 0.2) is 0 Å². The van der Waals surface area contributed by atoms with Crippen LogP contribution >= 0.6 is 0 Å². The van der Waals surface area contributed by atoms with E-state index in [-0.39, 0.29) is 0 Å². The maximum Gasteiger partial charge on any atom is 0.235 e. The molecule has 0 N–H and O–H groups in total. The standard InChI is InChI=1S/C46H28N4/c1-2-12-30-25-33(22-21-29(30)11-1)45-37-17-5-8-18-40(37)47-46(48-45)50-43-24-23-34(28-39(43)38-26-31-13-3-4-14-32(31)27-44(38)50)49-41-19-9-6-15-35(41)36-16-7-10-20-42(36)49/h1-28H. The Morgan fingerprint density at radius 3 is 1.68 bits per heavy atom. The summed E-state index contributed by atoms with van der Waals surface area (Å²) in [6.07, 6.45) is 0. The van der Waals surface area contributed by atoms with Crippen LogP contribution in [0.2, 0.25) is 0 Å². The van der Waals surface area contributed by atoms with Gasteiger partial charge in [-0.1, -0.05) is 115 Å². The molecule has 0 spiro atoms. The third-order valence-electron chi connectivity index (χ3n) is 10.3. The predicted molar refractivity (Wildman–Crippen MR) is 209 cm³/mol. The molecule has 4 heteroatoms. The van der Waals surface area contributed by atoms with Crippen LogP contribution in [0.15, 0.2) is 170 Å². The molecule has 3 aromatic heterocycles. The summed E-state index contributed by atoms with van der Waals surface area (Å²) in [4.78, 5) is 10.6. The minimum Gasteiger partial charge on any atom is -0.309 e. The van der Waals surface area contributed by atoms with E-state index < -0.39 is 0 Å². The van der Waals surface area contributed by atoms with Crippen LogP contribution in [0, 0.1) is 0 Å². The molecule has 0 bridgehead atoms. The second kappa shape index (κ2) is 10.4. The van der Waals surface area contributed by atoms with Crippen molar-refractivity contribution in [1.82, 2.24) is 19.1 Å². The van der Waals surface area contributed by atoms with Gasteiger partial charge < -0.3 is 4.57 Å². The maximum absolute atomic E-state index is 5.40. The smallest absolute Gasteiger partial charge is 0.235 e. The van der Waals surface area contributed by atoms with Crippen LogP contribution in [0.25, 0.3) is 99.0 Å². The van der Waals surface area contributed by atoms with Crippen LogP contribution in [0.4, 0.5) is 0 Å². The molecule has 3 heterocycles. The van der Waals surface area contributed by atoms with Gasteiger partial charge in [0, 0.05) is 38.2 Å². The molecule has 0 fully saturated rings. The van der Waals surface area contributed by atoms with E-state index in [0.717, 1.165) is 44.3 Å². The van der Waals surface area contributed by atoms with E-state index in [4.69, 9.17) is 9.97 Å². The highest BCUT2D eigenvalue weighted by Crippen LogP contribution is 2.39. The summed E-state index contributed by atoms with van der Waals surface area (Å²) >= 11 is 0. The first-order valence-corrected chi connectivity index (χ1v) is 17.0. The molecule has 50 heavy (non-hydrogen) atoms. The Bertz CT molecular complexity index is 3110. The van der Waals surface area contributed by atoms with E-state index in [1.807, 2.05) is 0 Å². The highest BCUT2D eigenvalue weighted by Gasteiger charge is 2.20. The Labute approximate surface area is 287 Å². The zero-order chi connectivity index (χ0) is 32.8. The first-order chi connectivity index (χ1) is 24.8. The molecule has 0 atom stereocenters. The molecule has 4 nitrogen and oxygen atoms in total. The normalized spacial score (nSPS) is 12.0. The van der Waals surface area contributed by atoms with Crippen LogP contribution in [0.3, 0.4) is 0 Å². The molecule has 0 amide bonds. The van der Waals surface area contributed by atoms with Gasteiger partial charge in [0.05, 0.1) is 33.3 Å². The fourth-order valence-electron chi connectivity index (χ4n) is 7.97. The Hall–Kier alpha value is -6.78. The van der Waals surface area contributed by atoms with Crippen molar-refractivity contribution in [2.45, 2.75) is 0 Å². The zero-order valence-corrected chi connectivity index (χ0v) is 27.0. The van der Waals surface area contributed by atoms with E-state index in [1.54, 1.807) is 0 Å². The lowest BCUT2D eigenvalue weighted by atomic mass is 10.0. The molecule has 11 rings (SSSR count). The number of fused-ring (bicyclic) bond motifs is 9. The molecular formula is C46H28N4. The number of benzene rings is 8. The van der Waals surface area contributed by atoms with Gasteiger partial charge in [-0.3, -0.25) is 4.57 Å². The van der Waals surface area contributed by atoms with E-state index in [1.165, 1.54) is 48.7 Å². The Balaban J connectivity index is 1.23. The lowest BCUT2D eigenvalue weighted by Gasteiger charge is -2.13. The SMILES string of the molecule is c1ccc2cc(-c3nc(-n4c5ccc(-n6c7ccccc7c7ccccc76)cc5c5cc6ccccc6cc54)nc4ccccc34)ccc2c1. The molecule has 0 unspecified atom stereocenters. The zero-order valence-electron chi connectivity index (χ0n) is 27.0. The number of para-hydroxylation sites is 3. The van der Waals surface area contributed by atoms with Crippen LogP contribution < -0.4 is 0 Å². The topological polar surface area (TPSA) is 35.6 Å². The lowest BCUT2D eigenvalue weighted by molar-refractivity contribution is 1.01. The average Bonchev–Trinajstić information content (AvgIpc) is 3.68. The van der Waals surface area contributed by atoms with E-state index >= 15 is 0 Å². The predicted octanol–water partition coefficient (Wildman–Crippen LogP) is 11.8. The first-order valence-electron chi connectivity index (χ1n) is 17.0. The van der Waals surface area contributed by atoms with E-state index in [9.17, 15) is 0 Å². The highest BCUT2D eigenvalue weighted by molar-refractivity contribution is 6.15. The molecule has 8 aromatic carbocycles.